The van der Waals surface area contributed by atoms with E-state index in [2.05, 4.69) is 5.32 Å². The van der Waals surface area contributed by atoms with E-state index in [0.29, 0.717) is 28.3 Å². The van der Waals surface area contributed by atoms with Crippen molar-refractivity contribution < 1.29 is 14.0 Å². The SMILES string of the molecule is Cc1ccccc1C(=O)Nc1ccccc1C1SCC(=O)N1c1cccc(F)c1C. The minimum Gasteiger partial charge on any atom is -0.322 e. The van der Waals surface area contributed by atoms with E-state index in [1.54, 1.807) is 30.0 Å². The topological polar surface area (TPSA) is 49.4 Å². The molecule has 1 unspecified atom stereocenters. The van der Waals surface area contributed by atoms with Gasteiger partial charge in [0.05, 0.1) is 11.4 Å². The summed E-state index contributed by atoms with van der Waals surface area (Å²) < 4.78 is 14.2. The van der Waals surface area contributed by atoms with Crippen LogP contribution in [0.2, 0.25) is 0 Å². The van der Waals surface area contributed by atoms with Gasteiger partial charge in [-0.2, -0.15) is 0 Å². The van der Waals surface area contributed by atoms with Crippen LogP contribution < -0.4 is 10.2 Å². The molecule has 4 nitrogen and oxygen atoms in total. The fourth-order valence-electron chi connectivity index (χ4n) is 3.62. The lowest BCUT2D eigenvalue weighted by atomic mass is 10.1. The molecule has 6 heteroatoms. The molecule has 0 aromatic heterocycles. The molecule has 2 amide bonds. The molecular weight excluding hydrogens is 399 g/mol. The zero-order valence-electron chi connectivity index (χ0n) is 16.7. The Kier molecular flexibility index (Phi) is 5.59. The highest BCUT2D eigenvalue weighted by molar-refractivity contribution is 8.00. The van der Waals surface area contributed by atoms with Crippen molar-refractivity contribution in [2.45, 2.75) is 19.2 Å². The van der Waals surface area contributed by atoms with E-state index < -0.39 is 0 Å². The Labute approximate surface area is 179 Å². The van der Waals surface area contributed by atoms with E-state index >= 15 is 0 Å². The van der Waals surface area contributed by atoms with Gasteiger partial charge in [-0.15, -0.1) is 11.8 Å². The lowest BCUT2D eigenvalue weighted by Crippen LogP contribution is -2.29. The Bertz CT molecular complexity index is 1130. The second-order valence-corrected chi connectivity index (χ2v) is 8.24. The number of nitrogens with one attached hydrogen (secondary N) is 1. The van der Waals surface area contributed by atoms with Gasteiger partial charge < -0.3 is 5.32 Å². The van der Waals surface area contributed by atoms with Crippen molar-refractivity contribution in [1.82, 2.24) is 0 Å². The van der Waals surface area contributed by atoms with Crippen LogP contribution in [-0.4, -0.2) is 17.6 Å². The van der Waals surface area contributed by atoms with Gasteiger partial charge in [0.1, 0.15) is 11.2 Å². The lowest BCUT2D eigenvalue weighted by molar-refractivity contribution is -0.115. The van der Waals surface area contributed by atoms with Crippen LogP contribution in [0.4, 0.5) is 15.8 Å². The molecule has 30 heavy (non-hydrogen) atoms. The molecule has 0 saturated carbocycles. The van der Waals surface area contributed by atoms with Crippen molar-refractivity contribution in [3.8, 4) is 0 Å². The van der Waals surface area contributed by atoms with Crippen LogP contribution in [0.25, 0.3) is 0 Å². The largest absolute Gasteiger partial charge is 0.322 e. The Hall–Kier alpha value is -3.12. The standard InChI is InChI=1S/C24H21FN2O2S/c1-15-8-3-4-9-17(15)23(29)26-20-12-6-5-10-18(20)24-27(22(28)14-30-24)21-13-7-11-19(25)16(21)2/h3-13,24H,14H2,1-2H3,(H,26,29). The summed E-state index contributed by atoms with van der Waals surface area (Å²) in [6.07, 6.45) is 0. The number of thioether (sulfide) groups is 1. The number of rotatable bonds is 4. The minimum absolute atomic E-state index is 0.0845. The molecule has 0 spiro atoms. The van der Waals surface area contributed by atoms with Gasteiger partial charge >= 0.3 is 0 Å². The Morgan fingerprint density at radius 1 is 1.03 bits per heavy atom. The van der Waals surface area contributed by atoms with Crippen molar-refractivity contribution in [2.24, 2.45) is 0 Å². The fourth-order valence-corrected chi connectivity index (χ4v) is 4.82. The number of anilines is 2. The van der Waals surface area contributed by atoms with Crippen molar-refractivity contribution in [2.75, 3.05) is 16.0 Å². The fraction of sp³-hybridized carbons (Fsp3) is 0.167. The molecule has 1 fully saturated rings. The summed E-state index contributed by atoms with van der Waals surface area (Å²) in [5, 5.41) is 2.64. The van der Waals surface area contributed by atoms with E-state index in [1.807, 2.05) is 49.4 Å². The van der Waals surface area contributed by atoms with Crippen LogP contribution in [0.15, 0.2) is 66.7 Å². The summed E-state index contributed by atoms with van der Waals surface area (Å²) in [6.45, 7) is 3.56. The third-order valence-corrected chi connectivity index (χ3v) is 6.43. The van der Waals surface area contributed by atoms with Crippen LogP contribution >= 0.6 is 11.8 Å². The highest BCUT2D eigenvalue weighted by Crippen LogP contribution is 2.45. The van der Waals surface area contributed by atoms with Crippen LogP contribution in [0, 0.1) is 19.7 Å². The van der Waals surface area contributed by atoms with Crippen LogP contribution in [0.3, 0.4) is 0 Å². The van der Waals surface area contributed by atoms with Crippen LogP contribution in [0.1, 0.15) is 32.4 Å². The minimum atomic E-state index is -0.355. The predicted octanol–water partition coefficient (Wildman–Crippen LogP) is 5.47. The molecule has 1 N–H and O–H groups in total. The Morgan fingerprint density at radius 2 is 1.77 bits per heavy atom. The first-order valence-electron chi connectivity index (χ1n) is 9.62. The number of benzene rings is 3. The van der Waals surface area contributed by atoms with Gasteiger partial charge in [0.15, 0.2) is 0 Å². The molecule has 0 bridgehead atoms. The zero-order valence-corrected chi connectivity index (χ0v) is 17.5. The van der Waals surface area contributed by atoms with Gasteiger partial charge in [-0.05, 0) is 43.7 Å². The average molecular weight is 421 g/mol. The molecule has 3 aromatic rings. The van der Waals surface area contributed by atoms with E-state index in [4.69, 9.17) is 0 Å². The monoisotopic (exact) mass is 420 g/mol. The summed E-state index contributed by atoms with van der Waals surface area (Å²) in [5.41, 5.74) is 3.90. The van der Waals surface area contributed by atoms with Gasteiger partial charge in [-0.1, -0.05) is 42.5 Å². The first kappa shape index (κ1) is 20.2. The van der Waals surface area contributed by atoms with Crippen molar-refractivity contribution in [3.05, 3.63) is 94.8 Å². The van der Waals surface area contributed by atoms with Crippen molar-refractivity contribution >= 4 is 35.0 Å². The molecule has 1 heterocycles. The number of hydrogen-bond donors (Lipinski definition) is 1. The predicted molar refractivity (Wildman–Crippen MR) is 119 cm³/mol. The van der Waals surface area contributed by atoms with Crippen LogP contribution in [-0.2, 0) is 4.79 Å². The molecule has 3 aromatic carbocycles. The number of hydrogen-bond acceptors (Lipinski definition) is 3. The number of amides is 2. The van der Waals surface area contributed by atoms with Gasteiger partial charge in [-0.3, -0.25) is 14.5 Å². The van der Waals surface area contributed by atoms with Crippen molar-refractivity contribution in [3.63, 3.8) is 0 Å². The molecular formula is C24H21FN2O2S. The van der Waals surface area contributed by atoms with Gasteiger partial charge in [0.25, 0.3) is 5.91 Å². The third kappa shape index (κ3) is 3.71. The summed E-state index contributed by atoms with van der Waals surface area (Å²) in [5.74, 6) is -0.347. The smallest absolute Gasteiger partial charge is 0.255 e. The zero-order chi connectivity index (χ0) is 21.3. The van der Waals surface area contributed by atoms with Gasteiger partial charge in [0, 0.05) is 22.4 Å². The Morgan fingerprint density at radius 3 is 2.57 bits per heavy atom. The maximum atomic E-state index is 14.2. The maximum absolute atomic E-state index is 14.2. The van der Waals surface area contributed by atoms with E-state index in [0.717, 1.165) is 11.1 Å². The summed E-state index contributed by atoms with van der Waals surface area (Å²) in [6, 6.07) is 19.6. The van der Waals surface area contributed by atoms with E-state index in [9.17, 15) is 14.0 Å². The molecule has 0 aliphatic carbocycles. The second kappa shape index (κ2) is 8.32. The van der Waals surface area contributed by atoms with Crippen LogP contribution in [0.5, 0.6) is 0 Å². The lowest BCUT2D eigenvalue weighted by Gasteiger charge is -2.27. The Balaban J connectivity index is 1.71. The van der Waals surface area contributed by atoms with Gasteiger partial charge in [0.2, 0.25) is 5.91 Å². The average Bonchev–Trinajstić information content (AvgIpc) is 3.12. The molecule has 1 aliphatic heterocycles. The molecule has 152 valence electrons. The highest BCUT2D eigenvalue weighted by Gasteiger charge is 2.36. The highest BCUT2D eigenvalue weighted by atomic mass is 32.2. The second-order valence-electron chi connectivity index (χ2n) is 7.17. The van der Waals surface area contributed by atoms with E-state index in [-0.39, 0.29) is 23.0 Å². The number of carbonyl (C=O) groups excluding carboxylic acids is 2. The summed E-state index contributed by atoms with van der Waals surface area (Å²) >= 11 is 1.46. The summed E-state index contributed by atoms with van der Waals surface area (Å²) in [7, 11) is 0. The molecule has 0 radical (unpaired) electrons. The molecule has 4 rings (SSSR count). The number of carbonyl (C=O) groups is 2. The van der Waals surface area contributed by atoms with Crippen molar-refractivity contribution in [1.29, 1.82) is 0 Å². The first-order valence-corrected chi connectivity index (χ1v) is 10.7. The van der Waals surface area contributed by atoms with Gasteiger partial charge in [-0.25, -0.2) is 4.39 Å². The number of aryl methyl sites for hydroxylation is 1. The normalized spacial score (nSPS) is 16.0. The number of para-hydroxylation sites is 1. The molecule has 1 aliphatic rings. The first-order chi connectivity index (χ1) is 14.5. The summed E-state index contributed by atoms with van der Waals surface area (Å²) in [4.78, 5) is 27.2. The number of nitrogens with zero attached hydrogens (tertiary/aromatic N) is 1. The molecule has 1 saturated heterocycles. The quantitative estimate of drug-likeness (QED) is 0.609. The maximum Gasteiger partial charge on any atom is 0.255 e. The number of halogens is 1. The molecule has 1 atom stereocenters. The third-order valence-electron chi connectivity index (χ3n) is 5.23. The van der Waals surface area contributed by atoms with E-state index in [1.165, 1.54) is 17.8 Å².